The molecule has 1 aliphatic carbocycles. The van der Waals surface area contributed by atoms with Crippen LogP contribution in [0.3, 0.4) is 0 Å². The van der Waals surface area contributed by atoms with Crippen molar-refractivity contribution in [1.29, 1.82) is 0 Å². The van der Waals surface area contributed by atoms with Gasteiger partial charge in [0, 0.05) is 30.4 Å². The second kappa shape index (κ2) is 8.19. The average molecular weight is 427 g/mol. The lowest BCUT2D eigenvalue weighted by atomic mass is 9.92. The number of nitrogens with one attached hydrogen (secondary N) is 1. The first-order valence-electron chi connectivity index (χ1n) is 10.5. The fourth-order valence-electron chi connectivity index (χ4n) is 4.75. The van der Waals surface area contributed by atoms with Crippen LogP contribution in [-0.2, 0) is 18.9 Å². The molecule has 8 nitrogen and oxygen atoms in total. The maximum absolute atomic E-state index is 12.6. The topological polar surface area (TPSA) is 91.8 Å². The summed E-state index contributed by atoms with van der Waals surface area (Å²) in [5.41, 5.74) is -1.20. The van der Waals surface area contributed by atoms with E-state index in [1.165, 1.54) is 11.0 Å². The standard InChI is InChI=1S/C20H30N2O6S/c1-3-19(12-25-9-10-29)15-14(26-20(27-15)7-5-4-6-8-20)17(28-19)22-11-13(2)16(23)21-18(22)24/h11,14-15,17,29H,3-10,12H2,1-2H3,(H,21,23,24)/t14-,15?,17+,19-/m0/s1. The SMILES string of the molecule is CC[C@@]1(COCCS)O[C@@H](n2cc(C)c(=O)[nH]c2=O)[C@H]2OC3(CCCCC3)OC21. The molecule has 1 saturated carbocycles. The molecule has 1 aromatic heterocycles. The maximum Gasteiger partial charge on any atom is 0.330 e. The van der Waals surface area contributed by atoms with Crippen molar-refractivity contribution in [3.05, 3.63) is 32.6 Å². The van der Waals surface area contributed by atoms with Gasteiger partial charge in [-0.25, -0.2) is 4.79 Å². The van der Waals surface area contributed by atoms with Crippen LogP contribution in [0.4, 0.5) is 0 Å². The second-order valence-electron chi connectivity index (χ2n) is 8.27. The van der Waals surface area contributed by atoms with E-state index in [0.29, 0.717) is 31.0 Å². The van der Waals surface area contributed by atoms with Gasteiger partial charge in [0.1, 0.15) is 17.8 Å². The number of aromatic amines is 1. The summed E-state index contributed by atoms with van der Waals surface area (Å²) in [6, 6.07) is 0. The lowest BCUT2D eigenvalue weighted by Gasteiger charge is -2.37. The van der Waals surface area contributed by atoms with E-state index in [9.17, 15) is 9.59 Å². The lowest BCUT2D eigenvalue weighted by Crippen LogP contribution is -2.47. The number of fused-ring (bicyclic) bond motifs is 1. The maximum atomic E-state index is 12.6. The van der Waals surface area contributed by atoms with Crippen molar-refractivity contribution in [2.24, 2.45) is 0 Å². The van der Waals surface area contributed by atoms with Crippen LogP contribution in [0.1, 0.15) is 57.2 Å². The predicted octanol–water partition coefficient (Wildman–Crippen LogP) is 1.91. The van der Waals surface area contributed by atoms with Crippen LogP contribution in [0.25, 0.3) is 0 Å². The molecule has 0 amide bonds. The van der Waals surface area contributed by atoms with E-state index in [1.807, 2.05) is 6.92 Å². The van der Waals surface area contributed by atoms with Gasteiger partial charge in [-0.15, -0.1) is 0 Å². The van der Waals surface area contributed by atoms with Crippen LogP contribution in [0.5, 0.6) is 0 Å². The Morgan fingerprint density at radius 2 is 2.00 bits per heavy atom. The normalized spacial score (nSPS) is 33.3. The Morgan fingerprint density at radius 3 is 2.69 bits per heavy atom. The number of rotatable bonds is 6. The number of thiol groups is 1. The van der Waals surface area contributed by atoms with Gasteiger partial charge >= 0.3 is 5.69 Å². The summed E-state index contributed by atoms with van der Waals surface area (Å²) in [6.45, 7) is 4.52. The molecule has 1 N–H and O–H groups in total. The molecule has 3 fully saturated rings. The molecule has 0 bridgehead atoms. The Hall–Kier alpha value is -1.13. The third-order valence-corrected chi connectivity index (χ3v) is 6.54. The highest BCUT2D eigenvalue weighted by molar-refractivity contribution is 7.80. The van der Waals surface area contributed by atoms with Crippen molar-refractivity contribution in [2.45, 2.75) is 82.2 Å². The van der Waals surface area contributed by atoms with Crippen LogP contribution < -0.4 is 11.2 Å². The first-order chi connectivity index (χ1) is 13.9. The van der Waals surface area contributed by atoms with Crippen molar-refractivity contribution in [2.75, 3.05) is 19.0 Å². The number of ether oxygens (including phenoxy) is 4. The molecule has 4 atom stereocenters. The Balaban J connectivity index is 1.72. The van der Waals surface area contributed by atoms with Gasteiger partial charge in [-0.2, -0.15) is 12.6 Å². The van der Waals surface area contributed by atoms with E-state index >= 15 is 0 Å². The quantitative estimate of drug-likeness (QED) is 0.533. The van der Waals surface area contributed by atoms with Crippen molar-refractivity contribution >= 4 is 12.6 Å². The molecule has 1 unspecified atom stereocenters. The molecule has 162 valence electrons. The summed E-state index contributed by atoms with van der Waals surface area (Å²) in [5, 5.41) is 0. The number of nitrogens with zero attached hydrogens (tertiary/aromatic N) is 1. The molecular weight excluding hydrogens is 396 g/mol. The summed E-state index contributed by atoms with van der Waals surface area (Å²) >= 11 is 4.22. The Labute approximate surface area is 175 Å². The first-order valence-corrected chi connectivity index (χ1v) is 11.1. The average Bonchev–Trinajstić information content (AvgIpc) is 3.20. The number of hydrogen-bond donors (Lipinski definition) is 2. The van der Waals surface area contributed by atoms with Crippen molar-refractivity contribution in [1.82, 2.24) is 9.55 Å². The van der Waals surface area contributed by atoms with Crippen LogP contribution in [0, 0.1) is 6.92 Å². The minimum Gasteiger partial charge on any atom is -0.377 e. The van der Waals surface area contributed by atoms with Crippen LogP contribution in [-0.4, -0.2) is 52.1 Å². The third kappa shape index (κ3) is 3.72. The molecular formula is C20H30N2O6S. The molecule has 1 aromatic rings. The van der Waals surface area contributed by atoms with Gasteiger partial charge in [0.2, 0.25) is 0 Å². The molecule has 4 rings (SSSR count). The zero-order valence-electron chi connectivity index (χ0n) is 17.0. The van der Waals surface area contributed by atoms with Gasteiger partial charge < -0.3 is 18.9 Å². The van der Waals surface area contributed by atoms with Crippen molar-refractivity contribution in [3.63, 3.8) is 0 Å². The smallest absolute Gasteiger partial charge is 0.330 e. The Kier molecular flexibility index (Phi) is 5.96. The first kappa shape index (κ1) is 21.1. The van der Waals surface area contributed by atoms with Gasteiger partial charge in [-0.05, 0) is 26.2 Å². The Morgan fingerprint density at radius 1 is 1.24 bits per heavy atom. The molecule has 9 heteroatoms. The third-order valence-electron chi connectivity index (χ3n) is 6.36. The highest BCUT2D eigenvalue weighted by Crippen LogP contribution is 2.52. The molecule has 1 spiro atoms. The van der Waals surface area contributed by atoms with Gasteiger partial charge in [0.15, 0.2) is 12.0 Å². The number of aromatic nitrogens is 2. The van der Waals surface area contributed by atoms with Crippen LogP contribution in [0.2, 0.25) is 0 Å². The molecule has 0 aromatic carbocycles. The van der Waals surface area contributed by atoms with E-state index < -0.39 is 35.0 Å². The van der Waals surface area contributed by atoms with E-state index in [1.54, 1.807) is 13.1 Å². The predicted molar refractivity (Wildman–Crippen MR) is 109 cm³/mol. The van der Waals surface area contributed by atoms with Gasteiger partial charge in [-0.3, -0.25) is 14.3 Å². The van der Waals surface area contributed by atoms with Gasteiger partial charge in [-0.1, -0.05) is 13.3 Å². The summed E-state index contributed by atoms with van der Waals surface area (Å²) in [4.78, 5) is 26.8. The largest absolute Gasteiger partial charge is 0.377 e. The summed E-state index contributed by atoms with van der Waals surface area (Å²) < 4.78 is 26.8. The summed E-state index contributed by atoms with van der Waals surface area (Å²) in [6.07, 6.45) is 5.65. The summed E-state index contributed by atoms with van der Waals surface area (Å²) in [7, 11) is 0. The van der Waals surface area contributed by atoms with Gasteiger partial charge in [0.05, 0.1) is 13.2 Å². The second-order valence-corrected chi connectivity index (χ2v) is 8.72. The molecule has 3 heterocycles. The minimum atomic E-state index is -0.733. The fourth-order valence-corrected chi connectivity index (χ4v) is 4.88. The van der Waals surface area contributed by atoms with E-state index in [0.717, 1.165) is 25.7 Å². The fraction of sp³-hybridized carbons (Fsp3) is 0.800. The van der Waals surface area contributed by atoms with E-state index in [-0.39, 0.29) is 6.10 Å². The minimum absolute atomic E-state index is 0.332. The lowest BCUT2D eigenvalue weighted by molar-refractivity contribution is -0.255. The van der Waals surface area contributed by atoms with Crippen molar-refractivity contribution in [3.8, 4) is 0 Å². The zero-order chi connectivity index (χ0) is 20.6. The van der Waals surface area contributed by atoms with Crippen LogP contribution >= 0.6 is 12.6 Å². The molecule has 2 aliphatic heterocycles. The zero-order valence-corrected chi connectivity index (χ0v) is 17.9. The number of hydrogen-bond acceptors (Lipinski definition) is 7. The molecule has 0 radical (unpaired) electrons. The molecule has 2 saturated heterocycles. The summed E-state index contributed by atoms with van der Waals surface area (Å²) in [5.74, 6) is -0.0163. The van der Waals surface area contributed by atoms with Crippen LogP contribution in [0.15, 0.2) is 15.8 Å². The molecule has 29 heavy (non-hydrogen) atoms. The Bertz CT molecular complexity index is 848. The highest BCUT2D eigenvalue weighted by Gasteiger charge is 2.64. The van der Waals surface area contributed by atoms with Crippen molar-refractivity contribution < 1.29 is 18.9 Å². The monoisotopic (exact) mass is 426 g/mol. The molecule has 3 aliphatic rings. The van der Waals surface area contributed by atoms with E-state index in [2.05, 4.69) is 17.6 Å². The number of aryl methyl sites for hydroxylation is 1. The highest BCUT2D eigenvalue weighted by atomic mass is 32.1. The van der Waals surface area contributed by atoms with E-state index in [4.69, 9.17) is 18.9 Å². The van der Waals surface area contributed by atoms with Gasteiger partial charge in [0.25, 0.3) is 5.56 Å². The number of H-pyrrole nitrogens is 1.